The number of carbonyl (C=O) groups is 1. The number of aromatic nitrogens is 2. The average Bonchev–Trinajstić information content (AvgIpc) is 3.19. The van der Waals surface area contributed by atoms with E-state index in [1.807, 2.05) is 35.9 Å². The summed E-state index contributed by atoms with van der Waals surface area (Å²) >= 11 is 6.30. The molecule has 4 nitrogen and oxygen atoms in total. The molecule has 1 atom stereocenters. The highest BCUT2D eigenvalue weighted by molar-refractivity contribution is 6.31. The molecule has 1 aliphatic carbocycles. The molecule has 1 amide bonds. The Bertz CT molecular complexity index is 635. The topological polar surface area (TPSA) is 46.9 Å². The van der Waals surface area contributed by atoms with Crippen LogP contribution in [0.4, 0.5) is 0 Å². The molecule has 3 rings (SSSR count). The van der Waals surface area contributed by atoms with Crippen LogP contribution in [0.15, 0.2) is 36.9 Å². The summed E-state index contributed by atoms with van der Waals surface area (Å²) in [6, 6.07) is 5.71. The van der Waals surface area contributed by atoms with Gasteiger partial charge in [-0.1, -0.05) is 24.6 Å². The molecule has 0 aliphatic heterocycles. The zero-order valence-electron chi connectivity index (χ0n) is 11.9. The van der Waals surface area contributed by atoms with Gasteiger partial charge in [-0.15, -0.1) is 0 Å². The third-order valence-corrected chi connectivity index (χ3v) is 4.41. The van der Waals surface area contributed by atoms with Crippen molar-refractivity contribution in [3.63, 3.8) is 0 Å². The minimum absolute atomic E-state index is 0.0872. The fourth-order valence-electron chi connectivity index (χ4n) is 2.51. The summed E-state index contributed by atoms with van der Waals surface area (Å²) in [5.74, 6) is 0.752. The van der Waals surface area contributed by atoms with E-state index in [1.165, 1.54) is 12.8 Å². The zero-order chi connectivity index (χ0) is 14.8. The molecule has 1 aromatic heterocycles. The molecule has 0 saturated heterocycles. The van der Waals surface area contributed by atoms with Crippen molar-refractivity contribution >= 4 is 17.5 Å². The minimum Gasteiger partial charge on any atom is -0.352 e. The van der Waals surface area contributed by atoms with E-state index < -0.39 is 0 Å². The lowest BCUT2D eigenvalue weighted by molar-refractivity contribution is -0.125. The molecule has 2 aromatic rings. The molecule has 1 saturated carbocycles. The Labute approximate surface area is 129 Å². The van der Waals surface area contributed by atoms with Crippen LogP contribution >= 0.6 is 11.6 Å². The fraction of sp³-hybridized carbons (Fsp3) is 0.375. The van der Waals surface area contributed by atoms with Gasteiger partial charge in [0, 0.05) is 35.4 Å². The molecular formula is C16H18ClN3O. The molecule has 1 heterocycles. The number of hydrogen-bond donors (Lipinski definition) is 1. The lowest BCUT2D eigenvalue weighted by Gasteiger charge is -2.15. The second kappa shape index (κ2) is 5.90. The highest BCUT2D eigenvalue weighted by Gasteiger charge is 2.32. The SMILES string of the molecule is CC(C(=O)NCc1c(Cl)cccc1-n1ccnc1)C1CC1. The Morgan fingerprint density at radius 1 is 1.52 bits per heavy atom. The van der Waals surface area contributed by atoms with Crippen LogP contribution in [0, 0.1) is 11.8 Å². The Kier molecular flexibility index (Phi) is 3.97. The third-order valence-electron chi connectivity index (χ3n) is 4.06. The largest absolute Gasteiger partial charge is 0.352 e. The number of imidazole rings is 1. The maximum atomic E-state index is 12.1. The first-order valence-electron chi connectivity index (χ1n) is 7.20. The first-order chi connectivity index (χ1) is 10.2. The monoisotopic (exact) mass is 303 g/mol. The number of benzene rings is 1. The van der Waals surface area contributed by atoms with Gasteiger partial charge in [0.25, 0.3) is 0 Å². The number of carbonyl (C=O) groups excluding carboxylic acids is 1. The van der Waals surface area contributed by atoms with Crippen LogP contribution in [0.3, 0.4) is 0 Å². The Hall–Kier alpha value is -1.81. The van der Waals surface area contributed by atoms with E-state index in [1.54, 1.807) is 12.5 Å². The van der Waals surface area contributed by atoms with Gasteiger partial charge in [-0.2, -0.15) is 0 Å². The first-order valence-corrected chi connectivity index (χ1v) is 7.58. The van der Waals surface area contributed by atoms with Crippen LogP contribution in [-0.4, -0.2) is 15.5 Å². The third kappa shape index (κ3) is 3.10. The van der Waals surface area contributed by atoms with Gasteiger partial charge in [0.1, 0.15) is 0 Å². The van der Waals surface area contributed by atoms with E-state index in [2.05, 4.69) is 10.3 Å². The number of rotatable bonds is 5. The number of amides is 1. The number of halogens is 1. The second-order valence-electron chi connectivity index (χ2n) is 5.55. The van der Waals surface area contributed by atoms with Crippen molar-refractivity contribution in [2.45, 2.75) is 26.3 Å². The van der Waals surface area contributed by atoms with Crippen LogP contribution in [0.1, 0.15) is 25.3 Å². The molecule has 1 fully saturated rings. The van der Waals surface area contributed by atoms with E-state index in [4.69, 9.17) is 11.6 Å². The molecule has 5 heteroatoms. The van der Waals surface area contributed by atoms with Crippen molar-refractivity contribution in [2.75, 3.05) is 0 Å². The van der Waals surface area contributed by atoms with Gasteiger partial charge in [0.2, 0.25) is 5.91 Å². The Balaban J connectivity index is 1.77. The van der Waals surface area contributed by atoms with Crippen LogP contribution in [-0.2, 0) is 11.3 Å². The highest BCUT2D eigenvalue weighted by atomic mass is 35.5. The van der Waals surface area contributed by atoms with Crippen molar-refractivity contribution in [3.8, 4) is 5.69 Å². The number of nitrogens with zero attached hydrogens (tertiary/aromatic N) is 2. The summed E-state index contributed by atoms with van der Waals surface area (Å²) in [6.07, 6.45) is 7.65. The van der Waals surface area contributed by atoms with E-state index in [-0.39, 0.29) is 11.8 Å². The quantitative estimate of drug-likeness (QED) is 0.922. The molecule has 110 valence electrons. The lowest BCUT2D eigenvalue weighted by atomic mass is 10.1. The second-order valence-corrected chi connectivity index (χ2v) is 5.96. The van der Waals surface area contributed by atoms with Crippen molar-refractivity contribution in [3.05, 3.63) is 47.5 Å². The van der Waals surface area contributed by atoms with E-state index >= 15 is 0 Å². The standard InChI is InChI=1S/C16H18ClN3O/c1-11(12-5-6-12)16(21)19-9-13-14(17)3-2-4-15(13)20-8-7-18-10-20/h2-4,7-8,10-12H,5-6,9H2,1H3,(H,19,21). The van der Waals surface area contributed by atoms with Gasteiger partial charge in [0.05, 0.1) is 12.0 Å². The van der Waals surface area contributed by atoms with Gasteiger partial charge >= 0.3 is 0 Å². The fourth-order valence-corrected chi connectivity index (χ4v) is 2.75. The summed E-state index contributed by atoms with van der Waals surface area (Å²) in [7, 11) is 0. The van der Waals surface area contributed by atoms with Crippen LogP contribution < -0.4 is 5.32 Å². The summed E-state index contributed by atoms with van der Waals surface area (Å²) in [5, 5.41) is 3.66. The summed E-state index contributed by atoms with van der Waals surface area (Å²) in [4.78, 5) is 16.2. The van der Waals surface area contributed by atoms with E-state index in [9.17, 15) is 4.79 Å². The Morgan fingerprint density at radius 2 is 2.33 bits per heavy atom. The molecule has 21 heavy (non-hydrogen) atoms. The van der Waals surface area contributed by atoms with E-state index in [0.717, 1.165) is 11.3 Å². The molecule has 1 unspecified atom stereocenters. The van der Waals surface area contributed by atoms with Crippen LogP contribution in [0.5, 0.6) is 0 Å². The van der Waals surface area contributed by atoms with Gasteiger partial charge in [-0.3, -0.25) is 4.79 Å². The molecule has 0 spiro atoms. The predicted octanol–water partition coefficient (Wildman–Crippen LogP) is 3.19. The van der Waals surface area contributed by atoms with Gasteiger partial charge in [-0.05, 0) is 30.9 Å². The number of nitrogens with one attached hydrogen (secondary N) is 1. The first kappa shape index (κ1) is 14.1. The molecule has 0 bridgehead atoms. The normalized spacial score (nSPS) is 15.7. The van der Waals surface area contributed by atoms with Gasteiger partial charge in [-0.25, -0.2) is 4.98 Å². The maximum absolute atomic E-state index is 12.1. The Morgan fingerprint density at radius 3 is 3.00 bits per heavy atom. The maximum Gasteiger partial charge on any atom is 0.223 e. The average molecular weight is 304 g/mol. The van der Waals surface area contributed by atoms with Crippen molar-refractivity contribution in [2.24, 2.45) is 11.8 Å². The minimum atomic E-state index is 0.0872. The zero-order valence-corrected chi connectivity index (χ0v) is 12.7. The molecule has 1 aliphatic rings. The summed E-state index contributed by atoms with van der Waals surface area (Å²) in [6.45, 7) is 2.43. The predicted molar refractivity (Wildman–Crippen MR) is 82.3 cm³/mol. The van der Waals surface area contributed by atoms with Gasteiger partial charge in [0.15, 0.2) is 0 Å². The van der Waals surface area contributed by atoms with E-state index in [0.29, 0.717) is 17.5 Å². The summed E-state index contributed by atoms with van der Waals surface area (Å²) < 4.78 is 1.90. The van der Waals surface area contributed by atoms with Crippen LogP contribution in [0.2, 0.25) is 5.02 Å². The van der Waals surface area contributed by atoms with Crippen molar-refractivity contribution < 1.29 is 4.79 Å². The molecule has 1 N–H and O–H groups in total. The van der Waals surface area contributed by atoms with Crippen molar-refractivity contribution in [1.29, 1.82) is 0 Å². The smallest absolute Gasteiger partial charge is 0.223 e. The van der Waals surface area contributed by atoms with Crippen molar-refractivity contribution in [1.82, 2.24) is 14.9 Å². The number of hydrogen-bond acceptors (Lipinski definition) is 2. The van der Waals surface area contributed by atoms with Crippen LogP contribution in [0.25, 0.3) is 5.69 Å². The van der Waals surface area contributed by atoms with Gasteiger partial charge < -0.3 is 9.88 Å². The lowest BCUT2D eigenvalue weighted by Crippen LogP contribution is -2.30. The molecular weight excluding hydrogens is 286 g/mol. The molecule has 0 radical (unpaired) electrons. The molecule has 1 aromatic carbocycles. The summed E-state index contributed by atoms with van der Waals surface area (Å²) in [5.41, 5.74) is 1.85. The highest BCUT2D eigenvalue weighted by Crippen LogP contribution is 2.36.